The van der Waals surface area contributed by atoms with Gasteiger partial charge in [-0.2, -0.15) is 0 Å². The minimum atomic E-state index is -1.17. The van der Waals surface area contributed by atoms with E-state index in [1.165, 1.54) is 12.5 Å². The third kappa shape index (κ3) is 6.22. The number of rotatable bonds is 9. The second-order valence-corrected chi connectivity index (χ2v) is 4.72. The fourth-order valence-electron chi connectivity index (χ4n) is 1.78. The van der Waals surface area contributed by atoms with Crippen molar-refractivity contribution in [2.75, 3.05) is 6.54 Å². The monoisotopic (exact) mass is 312 g/mol. The minimum absolute atomic E-state index is 0.151. The topological polar surface area (TPSA) is 176 Å². The summed E-state index contributed by atoms with van der Waals surface area (Å²) in [5.41, 5.74) is 11.3. The van der Waals surface area contributed by atoms with Crippen LogP contribution < -0.4 is 22.1 Å². The molecule has 1 heterocycles. The molecule has 0 aliphatic carbocycles. The Labute approximate surface area is 126 Å². The summed E-state index contributed by atoms with van der Waals surface area (Å²) in [5, 5.41) is 13.8. The maximum atomic E-state index is 11.9. The van der Waals surface area contributed by atoms with Crippen molar-refractivity contribution in [3.63, 3.8) is 0 Å². The number of nitrogens with zero attached hydrogens (tertiary/aromatic N) is 1. The summed E-state index contributed by atoms with van der Waals surface area (Å²) in [6.45, 7) is 0.231. The van der Waals surface area contributed by atoms with Crippen LogP contribution in [0.1, 0.15) is 18.5 Å². The van der Waals surface area contributed by atoms with E-state index in [0.717, 1.165) is 0 Å². The largest absolute Gasteiger partial charge is 0.480 e. The molecule has 1 aromatic rings. The van der Waals surface area contributed by atoms with Gasteiger partial charge in [0, 0.05) is 24.9 Å². The molecule has 0 aromatic carbocycles. The Hall–Kier alpha value is -2.62. The summed E-state index contributed by atoms with van der Waals surface area (Å²) in [6.07, 6.45) is 3.73. The van der Waals surface area contributed by atoms with Crippen LogP contribution >= 0.6 is 0 Å². The number of aromatic nitrogens is 2. The molecule has 0 bridgehead atoms. The quantitative estimate of drug-likeness (QED) is 0.296. The van der Waals surface area contributed by atoms with Crippen molar-refractivity contribution in [2.45, 2.75) is 31.3 Å². The second kappa shape index (κ2) is 8.62. The number of carboxylic acid groups (broad SMARTS) is 1. The molecule has 10 nitrogen and oxygen atoms in total. The maximum absolute atomic E-state index is 11.9. The van der Waals surface area contributed by atoms with Crippen molar-refractivity contribution in [3.8, 4) is 0 Å². The number of amides is 3. The number of aromatic amines is 1. The SMILES string of the molecule is NC(=O)NCCC[C@H](NC(=O)[C@@H](N)Cc1cnc[nH]1)C(=O)O. The lowest BCUT2D eigenvalue weighted by Crippen LogP contribution is -2.49. The van der Waals surface area contributed by atoms with Gasteiger partial charge in [0.25, 0.3) is 0 Å². The highest BCUT2D eigenvalue weighted by molar-refractivity contribution is 5.86. The molecule has 8 N–H and O–H groups in total. The van der Waals surface area contributed by atoms with E-state index in [1.54, 1.807) is 0 Å². The van der Waals surface area contributed by atoms with Crippen LogP contribution in [0.5, 0.6) is 0 Å². The van der Waals surface area contributed by atoms with Crippen molar-refractivity contribution >= 4 is 17.9 Å². The summed E-state index contributed by atoms with van der Waals surface area (Å²) in [6, 6.07) is -2.64. The smallest absolute Gasteiger partial charge is 0.326 e. The van der Waals surface area contributed by atoms with Gasteiger partial charge in [0.1, 0.15) is 6.04 Å². The van der Waals surface area contributed by atoms with Crippen LogP contribution in [0.2, 0.25) is 0 Å². The Morgan fingerprint density at radius 3 is 2.68 bits per heavy atom. The standard InChI is InChI=1S/C12H20N6O4/c13-8(4-7-5-15-6-17-7)10(19)18-9(11(20)21)2-1-3-16-12(14)22/h5-6,8-9H,1-4,13H2,(H,15,17)(H,18,19)(H,20,21)(H3,14,16,22)/t8-,9-/m0/s1. The van der Waals surface area contributed by atoms with Gasteiger partial charge >= 0.3 is 12.0 Å². The number of nitrogens with one attached hydrogen (secondary N) is 3. The van der Waals surface area contributed by atoms with Crippen molar-refractivity contribution in [1.29, 1.82) is 0 Å². The number of imidazole rings is 1. The Bertz CT molecular complexity index is 504. The average Bonchev–Trinajstić information content (AvgIpc) is 2.94. The number of aliphatic carboxylic acids is 1. The van der Waals surface area contributed by atoms with Crippen molar-refractivity contribution in [2.24, 2.45) is 11.5 Å². The highest BCUT2D eigenvalue weighted by Gasteiger charge is 2.23. The molecule has 0 aliphatic heterocycles. The maximum Gasteiger partial charge on any atom is 0.326 e. The highest BCUT2D eigenvalue weighted by atomic mass is 16.4. The number of carbonyl (C=O) groups excluding carboxylic acids is 2. The van der Waals surface area contributed by atoms with Crippen molar-refractivity contribution < 1.29 is 19.5 Å². The Morgan fingerprint density at radius 2 is 2.14 bits per heavy atom. The molecule has 1 aromatic heterocycles. The molecule has 0 aliphatic rings. The number of nitrogens with two attached hydrogens (primary N) is 2. The van der Waals surface area contributed by atoms with E-state index in [0.29, 0.717) is 12.1 Å². The summed E-state index contributed by atoms with van der Waals surface area (Å²) >= 11 is 0. The zero-order valence-electron chi connectivity index (χ0n) is 11.9. The van der Waals surface area contributed by atoms with Gasteiger partial charge in [0.05, 0.1) is 12.4 Å². The zero-order chi connectivity index (χ0) is 16.5. The lowest BCUT2D eigenvalue weighted by molar-refractivity contribution is -0.142. The van der Waals surface area contributed by atoms with Gasteiger partial charge < -0.3 is 32.2 Å². The van der Waals surface area contributed by atoms with Crippen LogP contribution in [0.3, 0.4) is 0 Å². The second-order valence-electron chi connectivity index (χ2n) is 4.72. The van der Waals surface area contributed by atoms with E-state index in [4.69, 9.17) is 16.6 Å². The lowest BCUT2D eigenvalue weighted by Gasteiger charge is -2.17. The van der Waals surface area contributed by atoms with Gasteiger partial charge in [-0.25, -0.2) is 14.6 Å². The lowest BCUT2D eigenvalue weighted by atomic mass is 10.1. The molecule has 1 rings (SSSR count). The molecule has 0 radical (unpaired) electrons. The Morgan fingerprint density at radius 1 is 1.41 bits per heavy atom. The normalized spacial score (nSPS) is 13.1. The number of hydrogen-bond donors (Lipinski definition) is 6. The molecular formula is C12H20N6O4. The Kier molecular flexibility index (Phi) is 6.83. The van der Waals surface area contributed by atoms with Crippen LogP contribution in [0.15, 0.2) is 12.5 Å². The third-order valence-corrected chi connectivity index (χ3v) is 2.91. The van der Waals surface area contributed by atoms with Crippen molar-refractivity contribution in [3.05, 3.63) is 18.2 Å². The number of hydrogen-bond acceptors (Lipinski definition) is 5. The molecule has 2 atom stereocenters. The predicted octanol–water partition coefficient (Wildman–Crippen LogP) is -1.70. The fraction of sp³-hybridized carbons (Fsp3) is 0.500. The zero-order valence-corrected chi connectivity index (χ0v) is 11.9. The molecule has 0 fully saturated rings. The van der Waals surface area contributed by atoms with E-state index >= 15 is 0 Å². The summed E-state index contributed by atoms with van der Waals surface area (Å²) < 4.78 is 0. The number of primary amides is 1. The average molecular weight is 312 g/mol. The van der Waals surface area contributed by atoms with E-state index < -0.39 is 30.0 Å². The minimum Gasteiger partial charge on any atom is -0.480 e. The molecule has 10 heteroatoms. The van der Waals surface area contributed by atoms with Crippen LogP contribution in [0, 0.1) is 0 Å². The molecule has 0 saturated heterocycles. The van der Waals surface area contributed by atoms with Crippen LogP contribution in [-0.2, 0) is 16.0 Å². The number of urea groups is 1. The van der Waals surface area contributed by atoms with Crippen LogP contribution in [-0.4, -0.2) is 51.6 Å². The van der Waals surface area contributed by atoms with E-state index in [1.807, 2.05) is 0 Å². The number of H-pyrrole nitrogens is 1. The van der Waals surface area contributed by atoms with Crippen molar-refractivity contribution in [1.82, 2.24) is 20.6 Å². The third-order valence-electron chi connectivity index (χ3n) is 2.91. The fourth-order valence-corrected chi connectivity index (χ4v) is 1.78. The number of carboxylic acids is 1. The molecule has 0 unspecified atom stereocenters. The molecular weight excluding hydrogens is 292 g/mol. The molecule has 122 valence electrons. The summed E-state index contributed by atoms with van der Waals surface area (Å²) in [4.78, 5) is 40.1. The van der Waals surface area contributed by atoms with Crippen LogP contribution in [0.4, 0.5) is 4.79 Å². The first kappa shape index (κ1) is 17.4. The van der Waals surface area contributed by atoms with Crippen LogP contribution in [0.25, 0.3) is 0 Å². The van der Waals surface area contributed by atoms with Gasteiger partial charge in [-0.15, -0.1) is 0 Å². The predicted molar refractivity (Wildman–Crippen MR) is 76.7 cm³/mol. The van der Waals surface area contributed by atoms with Gasteiger partial charge in [-0.3, -0.25) is 4.79 Å². The van der Waals surface area contributed by atoms with Gasteiger partial charge in [-0.1, -0.05) is 0 Å². The molecule has 0 spiro atoms. The van der Waals surface area contributed by atoms with E-state index in [-0.39, 0.29) is 19.4 Å². The van der Waals surface area contributed by atoms with E-state index in [9.17, 15) is 14.4 Å². The summed E-state index contributed by atoms with van der Waals surface area (Å²) in [7, 11) is 0. The first-order valence-corrected chi connectivity index (χ1v) is 6.69. The van der Waals surface area contributed by atoms with Gasteiger partial charge in [0.2, 0.25) is 5.91 Å². The first-order valence-electron chi connectivity index (χ1n) is 6.69. The molecule has 3 amide bonds. The van der Waals surface area contributed by atoms with Gasteiger partial charge in [0.15, 0.2) is 0 Å². The van der Waals surface area contributed by atoms with Gasteiger partial charge in [-0.05, 0) is 12.8 Å². The Balaban J connectivity index is 2.42. The first-order chi connectivity index (χ1) is 10.4. The summed E-state index contributed by atoms with van der Waals surface area (Å²) in [5.74, 6) is -1.73. The molecule has 0 saturated carbocycles. The highest BCUT2D eigenvalue weighted by Crippen LogP contribution is 2.00. The van der Waals surface area contributed by atoms with E-state index in [2.05, 4.69) is 20.6 Å². The molecule has 22 heavy (non-hydrogen) atoms. The number of carbonyl (C=O) groups is 3.